The number of carbonyl (C=O) groups is 1. The van der Waals surface area contributed by atoms with E-state index in [1.165, 1.54) is 7.11 Å². The molecule has 1 aliphatic heterocycles. The summed E-state index contributed by atoms with van der Waals surface area (Å²) in [4.78, 5) is 12.8. The highest BCUT2D eigenvalue weighted by Crippen LogP contribution is 2.12. The topological polar surface area (TPSA) is 49.8 Å². The van der Waals surface area contributed by atoms with E-state index in [2.05, 4.69) is 0 Å². The predicted octanol–water partition coefficient (Wildman–Crippen LogP) is -0.774. The first-order valence-corrected chi connectivity index (χ1v) is 3.72. The van der Waals surface area contributed by atoms with E-state index in [1.54, 1.807) is 4.90 Å². The summed E-state index contributed by atoms with van der Waals surface area (Å²) >= 11 is 0. The van der Waals surface area contributed by atoms with Crippen LogP contribution in [0.4, 0.5) is 0 Å². The van der Waals surface area contributed by atoms with Gasteiger partial charge in [0, 0.05) is 26.6 Å². The molecule has 1 heterocycles. The SMILES string of the molecule is COC1CCN(CCO)C1=O. The smallest absolute Gasteiger partial charge is 0.251 e. The number of β-amino-alcohol motifs (C(OH)–C–C–N with tert-alkyl or cyclic N) is 1. The molecule has 0 saturated carbocycles. The van der Waals surface area contributed by atoms with Gasteiger partial charge < -0.3 is 14.7 Å². The van der Waals surface area contributed by atoms with Crippen LogP contribution in [0.25, 0.3) is 0 Å². The lowest BCUT2D eigenvalue weighted by molar-refractivity contribution is -0.136. The highest BCUT2D eigenvalue weighted by molar-refractivity contribution is 5.82. The van der Waals surface area contributed by atoms with E-state index in [0.717, 1.165) is 6.42 Å². The maximum atomic E-state index is 11.2. The molecule has 1 saturated heterocycles. The van der Waals surface area contributed by atoms with Crippen LogP contribution in [0.2, 0.25) is 0 Å². The normalized spacial score (nSPS) is 24.7. The van der Waals surface area contributed by atoms with Crippen LogP contribution >= 0.6 is 0 Å². The van der Waals surface area contributed by atoms with Gasteiger partial charge in [0.15, 0.2) is 0 Å². The molecule has 1 unspecified atom stereocenters. The van der Waals surface area contributed by atoms with Crippen molar-refractivity contribution in [3.8, 4) is 0 Å². The Kier molecular flexibility index (Phi) is 2.84. The predicted molar refractivity (Wildman–Crippen MR) is 39.1 cm³/mol. The lowest BCUT2D eigenvalue weighted by atomic mass is 10.3. The van der Waals surface area contributed by atoms with Gasteiger partial charge >= 0.3 is 0 Å². The number of rotatable bonds is 3. The van der Waals surface area contributed by atoms with Crippen molar-refractivity contribution in [2.75, 3.05) is 26.8 Å². The molecule has 4 nitrogen and oxygen atoms in total. The lowest BCUT2D eigenvalue weighted by Crippen LogP contribution is -2.32. The minimum Gasteiger partial charge on any atom is -0.395 e. The van der Waals surface area contributed by atoms with Gasteiger partial charge in [0.05, 0.1) is 6.61 Å². The van der Waals surface area contributed by atoms with Crippen molar-refractivity contribution in [3.05, 3.63) is 0 Å². The van der Waals surface area contributed by atoms with Crippen molar-refractivity contribution < 1.29 is 14.6 Å². The quantitative estimate of drug-likeness (QED) is 0.588. The van der Waals surface area contributed by atoms with Crippen LogP contribution in [0.1, 0.15) is 6.42 Å². The van der Waals surface area contributed by atoms with Gasteiger partial charge in [0.2, 0.25) is 0 Å². The van der Waals surface area contributed by atoms with Gasteiger partial charge in [-0.15, -0.1) is 0 Å². The summed E-state index contributed by atoms with van der Waals surface area (Å²) in [5.41, 5.74) is 0. The zero-order chi connectivity index (χ0) is 8.27. The number of ether oxygens (including phenoxy) is 1. The molecule has 0 aromatic rings. The van der Waals surface area contributed by atoms with E-state index < -0.39 is 0 Å². The Morgan fingerprint density at radius 1 is 1.82 bits per heavy atom. The Bertz CT molecular complexity index is 149. The molecule has 0 radical (unpaired) electrons. The monoisotopic (exact) mass is 159 g/mol. The second-order valence-corrected chi connectivity index (χ2v) is 2.56. The molecule has 64 valence electrons. The van der Waals surface area contributed by atoms with E-state index in [4.69, 9.17) is 9.84 Å². The fourth-order valence-corrected chi connectivity index (χ4v) is 1.27. The summed E-state index contributed by atoms with van der Waals surface area (Å²) in [6, 6.07) is 0. The van der Waals surface area contributed by atoms with Gasteiger partial charge in [-0.2, -0.15) is 0 Å². The van der Waals surface area contributed by atoms with E-state index >= 15 is 0 Å². The van der Waals surface area contributed by atoms with Crippen LogP contribution in [0.3, 0.4) is 0 Å². The minimum absolute atomic E-state index is 0.00144. The Morgan fingerprint density at radius 2 is 2.55 bits per heavy atom. The van der Waals surface area contributed by atoms with Crippen LogP contribution in [0, 0.1) is 0 Å². The molecule has 1 rings (SSSR count). The first kappa shape index (κ1) is 8.49. The number of carbonyl (C=O) groups excluding carboxylic acids is 1. The molecule has 0 aromatic carbocycles. The summed E-state index contributed by atoms with van der Waals surface area (Å²) in [6.07, 6.45) is 0.469. The van der Waals surface area contributed by atoms with E-state index in [0.29, 0.717) is 13.1 Å². The van der Waals surface area contributed by atoms with Crippen LogP contribution in [0.5, 0.6) is 0 Å². The van der Waals surface area contributed by atoms with Crippen molar-refractivity contribution in [1.29, 1.82) is 0 Å². The summed E-state index contributed by atoms with van der Waals surface area (Å²) in [5.74, 6) is 0.00144. The van der Waals surface area contributed by atoms with Gasteiger partial charge in [-0.05, 0) is 0 Å². The molecule has 1 fully saturated rings. The second-order valence-electron chi connectivity index (χ2n) is 2.56. The largest absolute Gasteiger partial charge is 0.395 e. The van der Waals surface area contributed by atoms with Crippen LogP contribution < -0.4 is 0 Å². The minimum atomic E-state index is -0.276. The highest BCUT2D eigenvalue weighted by Gasteiger charge is 2.30. The van der Waals surface area contributed by atoms with E-state index in [9.17, 15) is 4.79 Å². The molecule has 1 amide bonds. The van der Waals surface area contributed by atoms with Gasteiger partial charge in [-0.1, -0.05) is 0 Å². The fraction of sp³-hybridized carbons (Fsp3) is 0.857. The van der Waals surface area contributed by atoms with Gasteiger partial charge in [0.25, 0.3) is 5.91 Å². The first-order chi connectivity index (χ1) is 5.29. The molecule has 1 N–H and O–H groups in total. The zero-order valence-corrected chi connectivity index (χ0v) is 6.62. The molecule has 1 aliphatic rings. The number of methoxy groups -OCH3 is 1. The van der Waals surface area contributed by atoms with Gasteiger partial charge in [-0.25, -0.2) is 0 Å². The average Bonchev–Trinajstić information content (AvgIpc) is 2.34. The molecule has 0 aromatic heterocycles. The molecule has 0 spiro atoms. The molecule has 11 heavy (non-hydrogen) atoms. The number of amides is 1. The Labute approximate surface area is 65.8 Å². The summed E-state index contributed by atoms with van der Waals surface area (Å²) in [5, 5.41) is 8.57. The van der Waals surface area contributed by atoms with Crippen molar-refractivity contribution in [2.45, 2.75) is 12.5 Å². The second kappa shape index (κ2) is 3.69. The Morgan fingerprint density at radius 3 is 3.00 bits per heavy atom. The molecular weight excluding hydrogens is 146 g/mol. The maximum Gasteiger partial charge on any atom is 0.251 e. The molecule has 0 bridgehead atoms. The van der Waals surface area contributed by atoms with Crippen molar-refractivity contribution in [3.63, 3.8) is 0 Å². The molecule has 1 atom stereocenters. The van der Waals surface area contributed by atoms with E-state index in [-0.39, 0.29) is 18.6 Å². The summed E-state index contributed by atoms with van der Waals surface area (Å²) in [7, 11) is 1.53. The molecule has 4 heteroatoms. The zero-order valence-electron chi connectivity index (χ0n) is 6.62. The fourth-order valence-electron chi connectivity index (χ4n) is 1.27. The highest BCUT2D eigenvalue weighted by atomic mass is 16.5. The van der Waals surface area contributed by atoms with Crippen molar-refractivity contribution in [1.82, 2.24) is 4.90 Å². The lowest BCUT2D eigenvalue weighted by Gasteiger charge is -2.13. The number of hydrogen-bond acceptors (Lipinski definition) is 3. The van der Waals surface area contributed by atoms with Gasteiger partial charge in [-0.3, -0.25) is 4.79 Å². The standard InChI is InChI=1S/C7H13NO3/c1-11-6-2-3-8(4-5-9)7(6)10/h6,9H,2-5H2,1H3. The Hall–Kier alpha value is -0.610. The number of likely N-dealkylation sites (tertiary alicyclic amines) is 1. The number of aliphatic hydroxyl groups is 1. The third-order valence-electron chi connectivity index (χ3n) is 1.90. The van der Waals surface area contributed by atoms with Crippen molar-refractivity contribution in [2.24, 2.45) is 0 Å². The van der Waals surface area contributed by atoms with E-state index in [1.807, 2.05) is 0 Å². The average molecular weight is 159 g/mol. The van der Waals surface area contributed by atoms with Crippen molar-refractivity contribution >= 4 is 5.91 Å². The third kappa shape index (κ3) is 1.70. The van der Waals surface area contributed by atoms with Crippen LogP contribution in [0.15, 0.2) is 0 Å². The summed E-state index contributed by atoms with van der Waals surface area (Å²) in [6.45, 7) is 1.17. The van der Waals surface area contributed by atoms with Crippen LogP contribution in [-0.4, -0.2) is 48.8 Å². The number of hydrogen-bond donors (Lipinski definition) is 1. The molecular formula is C7H13NO3. The number of nitrogens with zero attached hydrogens (tertiary/aromatic N) is 1. The van der Waals surface area contributed by atoms with Gasteiger partial charge in [0.1, 0.15) is 6.10 Å². The molecule has 0 aliphatic carbocycles. The first-order valence-electron chi connectivity index (χ1n) is 3.72. The summed E-state index contributed by atoms with van der Waals surface area (Å²) < 4.78 is 4.93. The maximum absolute atomic E-state index is 11.2. The Balaban J connectivity index is 2.42. The third-order valence-corrected chi connectivity index (χ3v) is 1.90. The van der Waals surface area contributed by atoms with Crippen LogP contribution in [-0.2, 0) is 9.53 Å². The number of aliphatic hydroxyl groups excluding tert-OH is 1.